The minimum absolute atomic E-state index is 1.21. The monoisotopic (exact) mass is 168 g/mol. The van der Waals surface area contributed by atoms with E-state index in [4.69, 9.17) is 0 Å². The van der Waals surface area contributed by atoms with Crippen LogP contribution < -0.4 is 10.6 Å². The van der Waals surface area contributed by atoms with Crippen LogP contribution in [0.3, 0.4) is 0 Å². The topological polar surface area (TPSA) is 58.2 Å². The van der Waals surface area contributed by atoms with E-state index in [1.54, 1.807) is 0 Å². The Kier molecular flexibility index (Phi) is 1.50. The zero-order chi connectivity index (χ0) is 8.65. The highest BCUT2D eigenvalue weighted by molar-refractivity contribution is 6.00. The first-order chi connectivity index (χ1) is 4.94. The predicted molar refractivity (Wildman–Crippen MR) is 26.5 cm³/mol. The van der Waals surface area contributed by atoms with E-state index in [-0.39, 0.29) is 0 Å². The molecule has 0 radical (unpaired) electrons. The van der Waals surface area contributed by atoms with Gasteiger partial charge in [-0.25, -0.2) is 9.18 Å². The second-order valence-corrected chi connectivity index (χ2v) is 1.91. The summed E-state index contributed by atoms with van der Waals surface area (Å²) in [6, 6.07) is -1.26. The summed E-state index contributed by atoms with van der Waals surface area (Å²) in [5.74, 6) is -6.10. The molecule has 0 aromatic heterocycles. The average molecular weight is 168 g/mol. The van der Waals surface area contributed by atoms with Crippen LogP contribution >= 0.6 is 0 Å². The van der Waals surface area contributed by atoms with Crippen LogP contribution in [0.1, 0.15) is 0 Å². The SMILES string of the molecule is O=C1NC(=O)C(F)(F)[C@@H](F)N1. The lowest BCUT2D eigenvalue weighted by Gasteiger charge is -2.24. The summed E-state index contributed by atoms with van der Waals surface area (Å²) < 4.78 is 36.4. The van der Waals surface area contributed by atoms with Gasteiger partial charge in [-0.05, 0) is 0 Å². The van der Waals surface area contributed by atoms with Crippen molar-refractivity contribution in [2.24, 2.45) is 0 Å². The highest BCUT2D eigenvalue weighted by Gasteiger charge is 2.52. The third-order valence-corrected chi connectivity index (χ3v) is 1.11. The number of rotatable bonds is 0. The molecule has 0 spiro atoms. The third-order valence-electron chi connectivity index (χ3n) is 1.11. The van der Waals surface area contributed by atoms with Crippen molar-refractivity contribution < 1.29 is 22.8 Å². The number of urea groups is 1. The van der Waals surface area contributed by atoms with Crippen molar-refractivity contribution >= 4 is 11.9 Å². The number of carbonyl (C=O) groups excluding carboxylic acids is 2. The van der Waals surface area contributed by atoms with Gasteiger partial charge in [0.1, 0.15) is 0 Å². The third kappa shape index (κ3) is 1.13. The maximum absolute atomic E-state index is 12.2. The van der Waals surface area contributed by atoms with Crippen LogP contribution in [0.5, 0.6) is 0 Å². The van der Waals surface area contributed by atoms with E-state index < -0.39 is 24.2 Å². The van der Waals surface area contributed by atoms with Crippen LogP contribution in [0.25, 0.3) is 0 Å². The molecule has 7 heteroatoms. The van der Waals surface area contributed by atoms with Crippen LogP contribution in [-0.4, -0.2) is 24.2 Å². The van der Waals surface area contributed by atoms with Crippen LogP contribution in [-0.2, 0) is 4.79 Å². The number of hydrogen-bond acceptors (Lipinski definition) is 2. The first kappa shape index (κ1) is 7.83. The van der Waals surface area contributed by atoms with Crippen molar-refractivity contribution in [3.05, 3.63) is 0 Å². The van der Waals surface area contributed by atoms with Crippen molar-refractivity contribution in [1.29, 1.82) is 0 Å². The zero-order valence-corrected chi connectivity index (χ0v) is 5.03. The molecule has 0 saturated carbocycles. The Bertz CT molecular complexity index is 217. The van der Waals surface area contributed by atoms with E-state index in [9.17, 15) is 22.8 Å². The first-order valence-electron chi connectivity index (χ1n) is 2.58. The number of nitrogens with one attached hydrogen (secondary N) is 2. The molecule has 2 N–H and O–H groups in total. The lowest BCUT2D eigenvalue weighted by molar-refractivity contribution is -0.159. The van der Waals surface area contributed by atoms with Crippen molar-refractivity contribution in [3.63, 3.8) is 0 Å². The van der Waals surface area contributed by atoms with Gasteiger partial charge in [-0.15, -0.1) is 0 Å². The van der Waals surface area contributed by atoms with Gasteiger partial charge in [0.15, 0.2) is 0 Å². The summed E-state index contributed by atoms with van der Waals surface area (Å²) in [7, 11) is 0. The highest BCUT2D eigenvalue weighted by Crippen LogP contribution is 2.21. The highest BCUT2D eigenvalue weighted by atomic mass is 19.3. The summed E-state index contributed by atoms with van der Waals surface area (Å²) in [5, 5.41) is 2.43. The number of hydrogen-bond donors (Lipinski definition) is 2. The van der Waals surface area contributed by atoms with Gasteiger partial charge in [0, 0.05) is 0 Å². The fourth-order valence-corrected chi connectivity index (χ4v) is 0.543. The van der Waals surface area contributed by atoms with Gasteiger partial charge in [0.25, 0.3) is 0 Å². The van der Waals surface area contributed by atoms with E-state index in [1.807, 2.05) is 0 Å². The fraction of sp³-hybridized carbons (Fsp3) is 0.500. The van der Waals surface area contributed by atoms with Crippen LogP contribution in [0.4, 0.5) is 18.0 Å². The number of halogens is 3. The van der Waals surface area contributed by atoms with Crippen molar-refractivity contribution in [2.45, 2.75) is 12.2 Å². The van der Waals surface area contributed by atoms with Gasteiger partial charge in [0.2, 0.25) is 6.30 Å². The van der Waals surface area contributed by atoms with Crippen molar-refractivity contribution in [1.82, 2.24) is 10.6 Å². The van der Waals surface area contributed by atoms with Crippen LogP contribution in [0, 0.1) is 0 Å². The van der Waals surface area contributed by atoms with Gasteiger partial charge in [-0.2, -0.15) is 8.78 Å². The first-order valence-corrected chi connectivity index (χ1v) is 2.58. The van der Waals surface area contributed by atoms with Gasteiger partial charge >= 0.3 is 17.9 Å². The number of imide groups is 1. The second-order valence-electron chi connectivity index (χ2n) is 1.91. The summed E-state index contributed by atoms with van der Waals surface area (Å²) in [5.41, 5.74) is 0. The molecule has 0 unspecified atom stereocenters. The molecule has 1 heterocycles. The van der Waals surface area contributed by atoms with E-state index in [2.05, 4.69) is 0 Å². The van der Waals surface area contributed by atoms with E-state index in [0.29, 0.717) is 0 Å². The summed E-state index contributed by atoms with van der Waals surface area (Å²) in [4.78, 5) is 20.3. The zero-order valence-electron chi connectivity index (χ0n) is 5.03. The molecule has 0 aromatic rings. The predicted octanol–water partition coefficient (Wildman–Crippen LogP) is -0.243. The lowest BCUT2D eigenvalue weighted by atomic mass is 10.2. The number of carbonyl (C=O) groups is 2. The molecular weight excluding hydrogens is 165 g/mol. The maximum Gasteiger partial charge on any atom is 0.373 e. The van der Waals surface area contributed by atoms with Crippen LogP contribution in [0.15, 0.2) is 0 Å². The van der Waals surface area contributed by atoms with Crippen LogP contribution in [0.2, 0.25) is 0 Å². The molecule has 62 valence electrons. The smallest absolute Gasteiger partial charge is 0.302 e. The number of amides is 3. The summed E-state index contributed by atoms with van der Waals surface area (Å²) in [6.45, 7) is 0. The molecule has 3 amide bonds. The molecule has 1 saturated heterocycles. The molecular formula is C4H3F3N2O2. The fourth-order valence-electron chi connectivity index (χ4n) is 0.543. The molecule has 0 bridgehead atoms. The standard InChI is InChI=1S/C4H3F3N2O2/c5-1-4(6,7)2(10)9-3(11)8-1/h1H,(H2,8,9,10,11)/t1-/m0/s1. The second kappa shape index (κ2) is 2.11. The van der Waals surface area contributed by atoms with E-state index in [0.717, 1.165) is 0 Å². The Hall–Kier alpha value is -1.27. The molecule has 0 aromatic carbocycles. The van der Waals surface area contributed by atoms with Gasteiger partial charge < -0.3 is 5.32 Å². The van der Waals surface area contributed by atoms with Crippen molar-refractivity contribution in [2.75, 3.05) is 0 Å². The molecule has 1 aliphatic heterocycles. The van der Waals surface area contributed by atoms with Crippen molar-refractivity contribution in [3.8, 4) is 0 Å². The normalized spacial score (nSPS) is 29.2. The lowest BCUT2D eigenvalue weighted by Crippen LogP contribution is -2.63. The quantitative estimate of drug-likeness (QED) is 0.490. The molecule has 1 rings (SSSR count). The van der Waals surface area contributed by atoms with E-state index in [1.165, 1.54) is 10.6 Å². The number of alkyl halides is 3. The Morgan fingerprint density at radius 3 is 2.36 bits per heavy atom. The summed E-state index contributed by atoms with van der Waals surface area (Å²) >= 11 is 0. The molecule has 1 atom stereocenters. The Morgan fingerprint density at radius 2 is 1.91 bits per heavy atom. The average Bonchev–Trinajstić information content (AvgIpc) is 1.84. The minimum Gasteiger partial charge on any atom is -0.302 e. The molecule has 1 fully saturated rings. The van der Waals surface area contributed by atoms with Gasteiger partial charge in [0.05, 0.1) is 0 Å². The summed E-state index contributed by atoms with van der Waals surface area (Å²) in [6.07, 6.45) is -2.94. The van der Waals surface area contributed by atoms with E-state index >= 15 is 0 Å². The molecule has 1 aliphatic rings. The molecule has 0 aliphatic carbocycles. The Morgan fingerprint density at radius 1 is 1.36 bits per heavy atom. The largest absolute Gasteiger partial charge is 0.373 e. The minimum atomic E-state index is -4.17. The molecule has 11 heavy (non-hydrogen) atoms. The van der Waals surface area contributed by atoms with Gasteiger partial charge in [-0.1, -0.05) is 0 Å². The molecule has 4 nitrogen and oxygen atoms in total. The Labute approximate surface area is 58.7 Å². The Balaban J connectivity index is 2.84. The van der Waals surface area contributed by atoms with Gasteiger partial charge in [-0.3, -0.25) is 10.1 Å². The maximum atomic E-state index is 12.2.